The molecule has 0 radical (unpaired) electrons. The van der Waals surface area contributed by atoms with Crippen LogP contribution in [0.4, 0.5) is 10.9 Å². The summed E-state index contributed by atoms with van der Waals surface area (Å²) in [5.41, 5.74) is 0.774. The minimum atomic E-state index is -0.620. The quantitative estimate of drug-likeness (QED) is 0.364. The zero-order valence-electron chi connectivity index (χ0n) is 11.4. The molecule has 0 atom stereocenters. The van der Waals surface area contributed by atoms with Gasteiger partial charge in [0, 0.05) is 0 Å². The zero-order chi connectivity index (χ0) is 15.4. The first kappa shape index (κ1) is 14.9. The average molecular weight is 308 g/mol. The summed E-state index contributed by atoms with van der Waals surface area (Å²) in [5, 5.41) is 11.1. The molecule has 2 heterocycles. The number of aryl methyl sites for hydroxylation is 1. The predicted octanol–water partition coefficient (Wildman–Crippen LogP) is 3.49. The van der Waals surface area contributed by atoms with Gasteiger partial charge in [-0.2, -0.15) is 0 Å². The molecule has 0 aliphatic rings. The maximum absolute atomic E-state index is 11.7. The van der Waals surface area contributed by atoms with Crippen molar-refractivity contribution in [2.45, 2.75) is 13.8 Å². The van der Waals surface area contributed by atoms with E-state index < -0.39 is 4.92 Å². The van der Waals surface area contributed by atoms with Gasteiger partial charge in [-0.05, 0) is 31.5 Å². The molecule has 2 aromatic rings. The van der Waals surface area contributed by atoms with Crippen LogP contribution in [0.3, 0.4) is 0 Å². The Bertz CT molecular complexity index is 701. The molecule has 21 heavy (non-hydrogen) atoms. The molecule has 0 N–H and O–H groups in total. The number of furan rings is 1. The molecule has 0 aliphatic heterocycles. The van der Waals surface area contributed by atoms with Gasteiger partial charge < -0.3 is 9.15 Å². The topological polar surface area (TPSA) is 94.9 Å². The second-order valence-electron chi connectivity index (χ2n) is 4.01. The number of nitrogens with zero attached hydrogens (tertiary/aromatic N) is 2. The molecule has 0 unspecified atom stereocenters. The number of thiophene rings is 1. The van der Waals surface area contributed by atoms with Gasteiger partial charge in [-0.25, -0.2) is 9.79 Å². The Morgan fingerprint density at radius 3 is 2.95 bits per heavy atom. The Kier molecular flexibility index (Phi) is 4.49. The molecular weight excluding hydrogens is 296 g/mol. The van der Waals surface area contributed by atoms with Crippen LogP contribution in [-0.2, 0) is 4.74 Å². The molecule has 0 saturated carbocycles. The molecule has 0 aromatic carbocycles. The van der Waals surface area contributed by atoms with Crippen LogP contribution in [0.5, 0.6) is 0 Å². The second-order valence-corrected chi connectivity index (χ2v) is 5.04. The summed E-state index contributed by atoms with van der Waals surface area (Å²) in [4.78, 5) is 26.2. The molecule has 0 saturated heterocycles. The molecule has 2 rings (SSSR count). The van der Waals surface area contributed by atoms with Crippen molar-refractivity contribution >= 4 is 34.4 Å². The van der Waals surface area contributed by atoms with Crippen LogP contribution < -0.4 is 0 Å². The van der Waals surface area contributed by atoms with E-state index in [0.29, 0.717) is 16.5 Å². The number of nitro groups is 1. The van der Waals surface area contributed by atoms with Crippen molar-refractivity contribution < 1.29 is 18.9 Å². The molecule has 110 valence electrons. The van der Waals surface area contributed by atoms with Crippen molar-refractivity contribution in [2.24, 2.45) is 4.99 Å². The smallest absolute Gasteiger partial charge is 0.433 e. The Labute approximate surface area is 124 Å². The van der Waals surface area contributed by atoms with Gasteiger partial charge in [-0.1, -0.05) is 0 Å². The maximum atomic E-state index is 11.7. The number of hydrogen-bond acceptors (Lipinski definition) is 7. The van der Waals surface area contributed by atoms with Crippen molar-refractivity contribution in [3.63, 3.8) is 0 Å². The standard InChI is InChI=1S/C13H12N2O5S/c1-3-19-13(16)12-8(2)6-10(21-12)14-7-9-4-5-11(20-9)15(17)18/h4-7H,3H2,1-2H3. The summed E-state index contributed by atoms with van der Waals surface area (Å²) in [6.45, 7) is 3.84. The Hall–Kier alpha value is -2.48. The van der Waals surface area contributed by atoms with Gasteiger partial charge in [-0.15, -0.1) is 11.3 Å². The van der Waals surface area contributed by atoms with Gasteiger partial charge in [0.15, 0.2) is 5.76 Å². The fourth-order valence-electron chi connectivity index (χ4n) is 1.57. The van der Waals surface area contributed by atoms with Crippen molar-refractivity contribution in [3.8, 4) is 0 Å². The molecular formula is C13H12N2O5S. The van der Waals surface area contributed by atoms with Crippen LogP contribution in [0.25, 0.3) is 0 Å². The number of esters is 1. The number of carbonyl (C=O) groups is 1. The van der Waals surface area contributed by atoms with Gasteiger partial charge in [-0.3, -0.25) is 10.1 Å². The van der Waals surface area contributed by atoms with E-state index in [9.17, 15) is 14.9 Å². The van der Waals surface area contributed by atoms with Crippen LogP contribution >= 0.6 is 11.3 Å². The lowest BCUT2D eigenvalue weighted by atomic mass is 10.3. The largest absolute Gasteiger partial charge is 0.462 e. The van der Waals surface area contributed by atoms with E-state index in [0.717, 1.165) is 5.56 Å². The summed E-state index contributed by atoms with van der Waals surface area (Å²) >= 11 is 1.19. The number of aliphatic imine (C=N–C) groups is 1. The molecule has 0 amide bonds. The van der Waals surface area contributed by atoms with Crippen molar-refractivity contribution in [2.75, 3.05) is 6.61 Å². The second kappa shape index (κ2) is 6.31. The van der Waals surface area contributed by atoms with E-state index in [-0.39, 0.29) is 17.6 Å². The first-order chi connectivity index (χ1) is 10.0. The highest BCUT2D eigenvalue weighted by atomic mass is 32.1. The normalized spacial score (nSPS) is 11.0. The molecule has 0 spiro atoms. The van der Waals surface area contributed by atoms with E-state index in [1.165, 1.54) is 29.7 Å². The lowest BCUT2D eigenvalue weighted by Crippen LogP contribution is -2.03. The summed E-state index contributed by atoms with van der Waals surface area (Å²) in [6.07, 6.45) is 1.37. The average Bonchev–Trinajstić information content (AvgIpc) is 3.03. The molecule has 8 heteroatoms. The van der Waals surface area contributed by atoms with Gasteiger partial charge in [0.2, 0.25) is 0 Å². The molecule has 7 nitrogen and oxygen atoms in total. The molecule has 0 aliphatic carbocycles. The van der Waals surface area contributed by atoms with Crippen LogP contribution in [0.15, 0.2) is 27.6 Å². The highest BCUT2D eigenvalue weighted by Gasteiger charge is 2.14. The third-order valence-electron chi connectivity index (χ3n) is 2.48. The lowest BCUT2D eigenvalue weighted by Gasteiger charge is -1.98. The van der Waals surface area contributed by atoms with Gasteiger partial charge in [0.05, 0.1) is 18.9 Å². The number of rotatable bonds is 5. The minimum Gasteiger partial charge on any atom is -0.462 e. The predicted molar refractivity (Wildman–Crippen MR) is 77.6 cm³/mol. The summed E-state index contributed by atoms with van der Waals surface area (Å²) < 4.78 is 9.90. The third-order valence-corrected chi connectivity index (χ3v) is 3.60. The number of carbonyl (C=O) groups excluding carboxylic acids is 1. The van der Waals surface area contributed by atoms with Gasteiger partial charge in [0.25, 0.3) is 0 Å². The Morgan fingerprint density at radius 2 is 2.33 bits per heavy atom. The van der Waals surface area contributed by atoms with Crippen molar-refractivity contribution in [3.05, 3.63) is 44.5 Å². The fraction of sp³-hybridized carbons (Fsp3) is 0.231. The van der Waals surface area contributed by atoms with E-state index in [1.807, 2.05) is 0 Å². The number of hydrogen-bond donors (Lipinski definition) is 0. The van der Waals surface area contributed by atoms with E-state index >= 15 is 0 Å². The van der Waals surface area contributed by atoms with Crippen LogP contribution in [0.1, 0.15) is 27.9 Å². The lowest BCUT2D eigenvalue weighted by molar-refractivity contribution is -0.402. The van der Waals surface area contributed by atoms with Crippen molar-refractivity contribution in [1.82, 2.24) is 0 Å². The van der Waals surface area contributed by atoms with Crippen LogP contribution in [0, 0.1) is 17.0 Å². The molecule has 2 aromatic heterocycles. The van der Waals surface area contributed by atoms with Crippen molar-refractivity contribution in [1.29, 1.82) is 0 Å². The third kappa shape index (κ3) is 3.54. The van der Waals surface area contributed by atoms with E-state index in [2.05, 4.69) is 4.99 Å². The Balaban J connectivity index is 2.15. The minimum absolute atomic E-state index is 0.269. The summed E-state index contributed by atoms with van der Waals surface area (Å²) in [6, 6.07) is 4.45. The highest BCUT2D eigenvalue weighted by Crippen LogP contribution is 2.29. The summed E-state index contributed by atoms with van der Waals surface area (Å²) in [5.74, 6) is -0.452. The van der Waals surface area contributed by atoms with Gasteiger partial charge in [0.1, 0.15) is 14.8 Å². The maximum Gasteiger partial charge on any atom is 0.433 e. The molecule has 0 fully saturated rings. The number of ether oxygens (including phenoxy) is 1. The van der Waals surface area contributed by atoms with Crippen LogP contribution in [-0.4, -0.2) is 23.7 Å². The zero-order valence-corrected chi connectivity index (χ0v) is 12.2. The van der Waals surface area contributed by atoms with Crippen LogP contribution in [0.2, 0.25) is 0 Å². The SMILES string of the molecule is CCOC(=O)c1sc(N=Cc2ccc([N+](=O)[O-])o2)cc1C. The monoisotopic (exact) mass is 308 g/mol. The van der Waals surface area contributed by atoms with Gasteiger partial charge >= 0.3 is 11.9 Å². The first-order valence-electron chi connectivity index (χ1n) is 6.07. The Morgan fingerprint density at radius 1 is 1.57 bits per heavy atom. The molecule has 0 bridgehead atoms. The highest BCUT2D eigenvalue weighted by molar-refractivity contribution is 7.17. The fourth-order valence-corrected chi connectivity index (χ4v) is 2.48. The first-order valence-corrected chi connectivity index (χ1v) is 6.88. The van der Waals surface area contributed by atoms with E-state index in [1.54, 1.807) is 19.9 Å². The summed E-state index contributed by atoms with van der Waals surface area (Å²) in [7, 11) is 0. The van der Waals surface area contributed by atoms with E-state index in [4.69, 9.17) is 9.15 Å².